The van der Waals surface area contributed by atoms with Crippen molar-refractivity contribution in [3.05, 3.63) is 12.7 Å². The molecule has 0 saturated heterocycles. The first kappa shape index (κ1) is 16.2. The van der Waals surface area contributed by atoms with Gasteiger partial charge in [-0.2, -0.15) is 0 Å². The SMILES string of the molecule is C=C[C@H]1CC[C@H]2[C@@H]3CCC4C(=O)C(=O)CC[C@]4(C)[C@H]3C(=O)C[C@]12C. The normalized spacial score (nSPS) is 50.9. The lowest BCUT2D eigenvalue weighted by Crippen LogP contribution is -2.59. The predicted octanol–water partition coefficient (Wildman–Crippen LogP) is 3.76. The van der Waals surface area contributed by atoms with E-state index in [1.807, 2.05) is 0 Å². The van der Waals surface area contributed by atoms with Crippen molar-refractivity contribution in [3.8, 4) is 0 Å². The van der Waals surface area contributed by atoms with Gasteiger partial charge >= 0.3 is 0 Å². The highest BCUT2D eigenvalue weighted by Crippen LogP contribution is 2.65. The van der Waals surface area contributed by atoms with Gasteiger partial charge in [-0.25, -0.2) is 0 Å². The van der Waals surface area contributed by atoms with E-state index in [1.165, 1.54) is 6.42 Å². The predicted molar refractivity (Wildman–Crippen MR) is 91.2 cm³/mol. The second-order valence-electron chi connectivity index (χ2n) is 9.24. The molecule has 4 aliphatic rings. The third-order valence-electron chi connectivity index (χ3n) is 8.39. The van der Waals surface area contributed by atoms with Crippen LogP contribution in [-0.4, -0.2) is 17.3 Å². The molecule has 0 aromatic carbocycles. The number of carbonyl (C=O) groups is 3. The molecular formula is C21H28O3. The molecule has 0 heterocycles. The zero-order valence-electron chi connectivity index (χ0n) is 14.8. The van der Waals surface area contributed by atoms with Crippen LogP contribution in [0.15, 0.2) is 12.7 Å². The van der Waals surface area contributed by atoms with Gasteiger partial charge in [-0.1, -0.05) is 19.9 Å². The Hall–Kier alpha value is -1.25. The highest BCUT2D eigenvalue weighted by atomic mass is 16.2. The van der Waals surface area contributed by atoms with Gasteiger partial charge in [-0.3, -0.25) is 14.4 Å². The third-order valence-corrected chi connectivity index (χ3v) is 8.39. The number of rotatable bonds is 1. The van der Waals surface area contributed by atoms with Gasteiger partial charge in [0.05, 0.1) is 0 Å². The number of hydrogen-bond acceptors (Lipinski definition) is 3. The van der Waals surface area contributed by atoms with Crippen LogP contribution in [0.4, 0.5) is 0 Å². The quantitative estimate of drug-likeness (QED) is 0.544. The zero-order valence-corrected chi connectivity index (χ0v) is 14.8. The second-order valence-corrected chi connectivity index (χ2v) is 9.24. The molecule has 0 aromatic heterocycles. The van der Waals surface area contributed by atoms with Gasteiger partial charge in [-0.05, 0) is 60.7 Å². The van der Waals surface area contributed by atoms with Gasteiger partial charge < -0.3 is 0 Å². The summed E-state index contributed by atoms with van der Waals surface area (Å²) in [6.07, 6.45) is 7.77. The van der Waals surface area contributed by atoms with Crippen LogP contribution in [0, 0.1) is 40.4 Å². The zero-order chi connectivity index (χ0) is 17.3. The Labute approximate surface area is 144 Å². The smallest absolute Gasteiger partial charge is 0.202 e. The van der Waals surface area contributed by atoms with E-state index in [1.54, 1.807) is 0 Å². The summed E-state index contributed by atoms with van der Waals surface area (Å²) in [5.74, 6) is 1.10. The Kier molecular flexibility index (Phi) is 3.47. The van der Waals surface area contributed by atoms with Crippen molar-refractivity contribution in [2.45, 2.75) is 58.8 Å². The molecule has 4 aliphatic carbocycles. The maximum Gasteiger partial charge on any atom is 0.202 e. The van der Waals surface area contributed by atoms with E-state index in [-0.39, 0.29) is 34.2 Å². The number of hydrogen-bond donors (Lipinski definition) is 0. The summed E-state index contributed by atoms with van der Waals surface area (Å²) in [5, 5.41) is 0. The van der Waals surface area contributed by atoms with E-state index in [2.05, 4.69) is 26.5 Å². The number of ketones is 3. The van der Waals surface area contributed by atoms with Gasteiger partial charge in [0.25, 0.3) is 0 Å². The number of fused-ring (bicyclic) bond motifs is 5. The minimum absolute atomic E-state index is 0.0186. The van der Waals surface area contributed by atoms with Crippen molar-refractivity contribution in [2.24, 2.45) is 40.4 Å². The van der Waals surface area contributed by atoms with Crippen LogP contribution in [-0.2, 0) is 14.4 Å². The molecule has 0 aliphatic heterocycles. The van der Waals surface area contributed by atoms with Crippen molar-refractivity contribution < 1.29 is 14.4 Å². The Morgan fingerprint density at radius 1 is 1.04 bits per heavy atom. The van der Waals surface area contributed by atoms with E-state index in [9.17, 15) is 14.4 Å². The van der Waals surface area contributed by atoms with Crippen LogP contribution in [0.1, 0.15) is 58.8 Å². The van der Waals surface area contributed by atoms with Crippen molar-refractivity contribution >= 4 is 17.3 Å². The molecule has 4 saturated carbocycles. The molecule has 0 radical (unpaired) electrons. The minimum Gasteiger partial charge on any atom is -0.299 e. The summed E-state index contributed by atoms with van der Waals surface area (Å²) in [6.45, 7) is 8.42. The standard InChI is InChI=1S/C21H28O3/c1-4-12-5-7-14-13-6-8-15-19(24)16(22)9-10-20(15,2)18(13)17(23)11-21(12,14)3/h4,12-15,18H,1,5-11H2,2-3H3/t12-,13-,14-,15?,18+,20-,21+/m0/s1. The fraction of sp³-hybridized carbons (Fsp3) is 0.762. The Morgan fingerprint density at radius 2 is 1.79 bits per heavy atom. The second kappa shape index (κ2) is 5.12. The fourth-order valence-electron chi connectivity index (χ4n) is 7.19. The maximum atomic E-state index is 13.3. The molecule has 24 heavy (non-hydrogen) atoms. The lowest BCUT2D eigenvalue weighted by molar-refractivity contribution is -0.165. The monoisotopic (exact) mass is 328 g/mol. The van der Waals surface area contributed by atoms with Crippen molar-refractivity contribution in [1.82, 2.24) is 0 Å². The van der Waals surface area contributed by atoms with E-state index in [4.69, 9.17) is 0 Å². The van der Waals surface area contributed by atoms with E-state index in [0.717, 1.165) is 19.3 Å². The maximum absolute atomic E-state index is 13.3. The van der Waals surface area contributed by atoms with Crippen LogP contribution in [0.5, 0.6) is 0 Å². The Bertz CT molecular complexity index is 635. The summed E-state index contributed by atoms with van der Waals surface area (Å²) >= 11 is 0. The average molecular weight is 328 g/mol. The summed E-state index contributed by atoms with van der Waals surface area (Å²) < 4.78 is 0. The van der Waals surface area contributed by atoms with E-state index in [0.29, 0.717) is 42.8 Å². The largest absolute Gasteiger partial charge is 0.299 e. The van der Waals surface area contributed by atoms with Crippen LogP contribution in [0.3, 0.4) is 0 Å². The van der Waals surface area contributed by atoms with Gasteiger partial charge in [-0.15, -0.1) is 6.58 Å². The summed E-state index contributed by atoms with van der Waals surface area (Å²) in [5.41, 5.74) is -0.240. The molecule has 130 valence electrons. The third kappa shape index (κ3) is 1.87. The van der Waals surface area contributed by atoms with Crippen molar-refractivity contribution in [1.29, 1.82) is 0 Å². The molecule has 7 atom stereocenters. The topological polar surface area (TPSA) is 51.2 Å². The lowest BCUT2D eigenvalue weighted by Gasteiger charge is -2.58. The molecule has 0 spiro atoms. The molecule has 3 heteroatoms. The fourth-order valence-corrected chi connectivity index (χ4v) is 7.19. The Morgan fingerprint density at radius 3 is 2.50 bits per heavy atom. The molecule has 3 nitrogen and oxygen atoms in total. The highest BCUT2D eigenvalue weighted by Gasteiger charge is 2.64. The minimum atomic E-state index is -0.293. The molecule has 0 aromatic rings. The average Bonchev–Trinajstić information content (AvgIpc) is 2.86. The van der Waals surface area contributed by atoms with Gasteiger partial charge in [0, 0.05) is 24.7 Å². The first-order chi connectivity index (χ1) is 11.3. The summed E-state index contributed by atoms with van der Waals surface area (Å²) in [6, 6.07) is 0. The lowest BCUT2D eigenvalue weighted by atomic mass is 9.44. The van der Waals surface area contributed by atoms with Crippen molar-refractivity contribution in [2.75, 3.05) is 0 Å². The summed E-state index contributed by atoms with van der Waals surface area (Å²) in [7, 11) is 0. The number of allylic oxidation sites excluding steroid dienone is 1. The van der Waals surface area contributed by atoms with Crippen LogP contribution < -0.4 is 0 Å². The molecule has 0 bridgehead atoms. The first-order valence-corrected chi connectivity index (χ1v) is 9.55. The van der Waals surface area contributed by atoms with Gasteiger partial charge in [0.15, 0.2) is 5.78 Å². The molecule has 4 fully saturated rings. The molecule has 4 rings (SSSR count). The van der Waals surface area contributed by atoms with E-state index >= 15 is 0 Å². The van der Waals surface area contributed by atoms with Gasteiger partial charge in [0.2, 0.25) is 5.78 Å². The Balaban J connectivity index is 1.73. The molecule has 0 N–H and O–H groups in total. The van der Waals surface area contributed by atoms with Gasteiger partial charge in [0.1, 0.15) is 5.78 Å². The number of carbonyl (C=O) groups excluding carboxylic acids is 3. The van der Waals surface area contributed by atoms with E-state index < -0.39 is 0 Å². The highest BCUT2D eigenvalue weighted by molar-refractivity contribution is 6.38. The molecular weight excluding hydrogens is 300 g/mol. The molecule has 0 amide bonds. The van der Waals surface area contributed by atoms with Crippen LogP contribution in [0.25, 0.3) is 0 Å². The summed E-state index contributed by atoms with van der Waals surface area (Å²) in [4.78, 5) is 37.6. The van der Waals surface area contributed by atoms with Crippen LogP contribution in [0.2, 0.25) is 0 Å². The first-order valence-electron chi connectivity index (χ1n) is 9.55. The van der Waals surface area contributed by atoms with Crippen molar-refractivity contribution in [3.63, 3.8) is 0 Å². The molecule has 1 unspecified atom stereocenters. The van der Waals surface area contributed by atoms with Crippen LogP contribution >= 0.6 is 0 Å². The number of Topliss-reactive ketones (excluding diaryl/α,β-unsaturated/α-hetero) is 3.